The second-order valence-corrected chi connectivity index (χ2v) is 3.62. The third-order valence-corrected chi connectivity index (χ3v) is 2.71. The van der Waals surface area contributed by atoms with E-state index in [1.54, 1.807) is 0 Å². The first-order valence-corrected chi connectivity index (χ1v) is 4.98. The molecule has 0 bridgehead atoms. The minimum Gasteiger partial charge on any atom is -0.328 e. The maximum atomic E-state index is 11.1. The lowest BCUT2D eigenvalue weighted by Gasteiger charge is -2.24. The highest BCUT2D eigenvalue weighted by atomic mass is 127. The molecule has 0 heterocycles. The van der Waals surface area contributed by atoms with Crippen LogP contribution in [0.25, 0.3) is 0 Å². The lowest BCUT2D eigenvalue weighted by atomic mass is 9.86. The Bertz CT molecular complexity index is 151. The Kier molecular flexibility index (Phi) is 3.58. The number of halogens is 1. The van der Waals surface area contributed by atoms with Crippen LogP contribution in [0.2, 0.25) is 0 Å². The van der Waals surface area contributed by atoms with E-state index in [0.29, 0.717) is 0 Å². The van der Waals surface area contributed by atoms with Crippen molar-refractivity contribution in [2.45, 2.75) is 31.7 Å². The number of hydrogen-bond donors (Lipinski definition) is 2. The number of hydrogen-bond acceptors (Lipinski definition) is 2. The van der Waals surface area contributed by atoms with Gasteiger partial charge in [-0.05, 0) is 19.3 Å². The average molecular weight is 268 g/mol. The first-order chi connectivity index (χ1) is 5.24. The van der Waals surface area contributed by atoms with E-state index in [2.05, 4.69) is 3.53 Å². The van der Waals surface area contributed by atoms with Crippen LogP contribution in [0.1, 0.15) is 25.7 Å². The summed E-state index contributed by atoms with van der Waals surface area (Å²) in [6, 6.07) is 0.238. The summed E-state index contributed by atoms with van der Waals surface area (Å²) >= 11 is 1.88. The normalized spacial score (nSPS) is 31.5. The molecule has 2 unspecified atom stereocenters. The molecule has 1 amide bonds. The molecule has 3 nitrogen and oxygen atoms in total. The van der Waals surface area contributed by atoms with Crippen LogP contribution >= 0.6 is 22.9 Å². The SMILES string of the molecule is NC1CCCC(C(=O)NI)C1. The Morgan fingerprint density at radius 1 is 1.55 bits per heavy atom. The molecule has 0 aromatic carbocycles. The molecule has 64 valence electrons. The van der Waals surface area contributed by atoms with Crippen molar-refractivity contribution in [2.75, 3.05) is 0 Å². The van der Waals surface area contributed by atoms with E-state index in [1.807, 2.05) is 22.9 Å². The Morgan fingerprint density at radius 3 is 2.82 bits per heavy atom. The summed E-state index contributed by atoms with van der Waals surface area (Å²) < 4.78 is 2.63. The molecule has 1 rings (SSSR count). The van der Waals surface area contributed by atoms with Crippen molar-refractivity contribution in [1.82, 2.24) is 3.53 Å². The van der Waals surface area contributed by atoms with Gasteiger partial charge in [-0.15, -0.1) is 0 Å². The van der Waals surface area contributed by atoms with Gasteiger partial charge in [0.1, 0.15) is 0 Å². The molecule has 4 heteroatoms. The number of nitrogens with two attached hydrogens (primary N) is 1. The highest BCUT2D eigenvalue weighted by molar-refractivity contribution is 14.1. The number of carbonyl (C=O) groups is 1. The molecule has 0 aromatic heterocycles. The van der Waals surface area contributed by atoms with Gasteiger partial charge in [-0.2, -0.15) is 0 Å². The van der Waals surface area contributed by atoms with E-state index in [-0.39, 0.29) is 17.9 Å². The summed E-state index contributed by atoms with van der Waals surface area (Å²) in [5, 5.41) is 0. The van der Waals surface area contributed by atoms with Crippen LogP contribution in [-0.4, -0.2) is 11.9 Å². The second kappa shape index (κ2) is 4.25. The van der Waals surface area contributed by atoms with Crippen LogP contribution in [-0.2, 0) is 4.79 Å². The van der Waals surface area contributed by atoms with Crippen molar-refractivity contribution >= 4 is 28.8 Å². The van der Waals surface area contributed by atoms with E-state index in [1.165, 1.54) is 0 Å². The minimum atomic E-state index is 0.140. The van der Waals surface area contributed by atoms with Crippen molar-refractivity contribution in [2.24, 2.45) is 11.7 Å². The van der Waals surface area contributed by atoms with E-state index in [0.717, 1.165) is 25.7 Å². The number of nitrogens with one attached hydrogen (secondary N) is 1. The van der Waals surface area contributed by atoms with Gasteiger partial charge in [0.25, 0.3) is 0 Å². The van der Waals surface area contributed by atoms with Gasteiger partial charge in [-0.3, -0.25) is 8.32 Å². The Hall–Kier alpha value is 0.160. The van der Waals surface area contributed by atoms with Crippen LogP contribution in [0.15, 0.2) is 0 Å². The molecule has 3 N–H and O–H groups in total. The van der Waals surface area contributed by atoms with Crippen molar-refractivity contribution in [1.29, 1.82) is 0 Å². The molecule has 1 saturated carbocycles. The Balaban J connectivity index is 2.39. The second-order valence-electron chi connectivity index (χ2n) is 3.08. The van der Waals surface area contributed by atoms with Gasteiger partial charge < -0.3 is 5.73 Å². The zero-order valence-electron chi connectivity index (χ0n) is 6.35. The molecule has 2 atom stereocenters. The summed E-state index contributed by atoms with van der Waals surface area (Å²) in [6.07, 6.45) is 4.03. The Labute approximate surface area is 80.6 Å². The van der Waals surface area contributed by atoms with Gasteiger partial charge in [0.15, 0.2) is 0 Å². The first kappa shape index (κ1) is 9.25. The number of amides is 1. The lowest BCUT2D eigenvalue weighted by molar-refractivity contribution is -0.123. The topological polar surface area (TPSA) is 55.1 Å². The zero-order valence-corrected chi connectivity index (χ0v) is 8.50. The van der Waals surface area contributed by atoms with Crippen LogP contribution in [0.4, 0.5) is 0 Å². The van der Waals surface area contributed by atoms with Gasteiger partial charge >= 0.3 is 0 Å². The van der Waals surface area contributed by atoms with Crippen molar-refractivity contribution in [3.63, 3.8) is 0 Å². The standard InChI is InChI=1S/C7H13IN2O/c8-10-7(11)5-2-1-3-6(9)4-5/h5-6H,1-4,9H2,(H,10,11). The molecular formula is C7H13IN2O. The third-order valence-electron chi connectivity index (χ3n) is 2.18. The van der Waals surface area contributed by atoms with Crippen LogP contribution < -0.4 is 9.26 Å². The zero-order chi connectivity index (χ0) is 8.27. The maximum Gasteiger partial charge on any atom is 0.231 e. The molecule has 1 aliphatic carbocycles. The van der Waals surface area contributed by atoms with Gasteiger partial charge in [-0.25, -0.2) is 0 Å². The lowest BCUT2D eigenvalue weighted by Crippen LogP contribution is -2.34. The maximum absolute atomic E-state index is 11.1. The average Bonchev–Trinajstić information content (AvgIpc) is 2.03. The summed E-state index contributed by atoms with van der Waals surface area (Å²) in [4.78, 5) is 11.1. The predicted molar refractivity (Wildman–Crippen MR) is 52.1 cm³/mol. The number of carbonyl (C=O) groups excluding carboxylic acids is 1. The van der Waals surface area contributed by atoms with E-state index >= 15 is 0 Å². The van der Waals surface area contributed by atoms with Gasteiger partial charge in [0.05, 0.1) is 22.9 Å². The summed E-state index contributed by atoms with van der Waals surface area (Å²) in [5.41, 5.74) is 5.74. The molecule has 0 radical (unpaired) electrons. The van der Waals surface area contributed by atoms with Crippen LogP contribution in [0.3, 0.4) is 0 Å². The third kappa shape index (κ3) is 2.59. The van der Waals surface area contributed by atoms with E-state index in [9.17, 15) is 4.79 Å². The first-order valence-electron chi connectivity index (χ1n) is 3.90. The summed E-state index contributed by atoms with van der Waals surface area (Å²) in [7, 11) is 0. The van der Waals surface area contributed by atoms with Crippen LogP contribution in [0, 0.1) is 5.92 Å². The fraction of sp³-hybridized carbons (Fsp3) is 0.857. The quantitative estimate of drug-likeness (QED) is 0.550. The fourth-order valence-electron chi connectivity index (χ4n) is 1.54. The Morgan fingerprint density at radius 2 is 2.27 bits per heavy atom. The molecule has 0 aliphatic heterocycles. The molecule has 0 saturated heterocycles. The molecule has 11 heavy (non-hydrogen) atoms. The van der Waals surface area contributed by atoms with E-state index in [4.69, 9.17) is 5.73 Å². The van der Waals surface area contributed by atoms with Crippen molar-refractivity contribution < 1.29 is 4.79 Å². The van der Waals surface area contributed by atoms with Gasteiger partial charge in [0, 0.05) is 12.0 Å². The molecule has 1 aliphatic rings. The largest absolute Gasteiger partial charge is 0.328 e. The molecular weight excluding hydrogens is 255 g/mol. The highest BCUT2D eigenvalue weighted by Gasteiger charge is 2.24. The molecule has 0 aromatic rings. The monoisotopic (exact) mass is 268 g/mol. The fourth-order valence-corrected chi connectivity index (χ4v) is 1.98. The van der Waals surface area contributed by atoms with Gasteiger partial charge in [0.2, 0.25) is 5.91 Å². The van der Waals surface area contributed by atoms with Crippen LogP contribution in [0.5, 0.6) is 0 Å². The number of rotatable bonds is 1. The molecule has 0 spiro atoms. The summed E-state index contributed by atoms with van der Waals surface area (Å²) in [5.74, 6) is 0.302. The van der Waals surface area contributed by atoms with Gasteiger partial charge in [-0.1, -0.05) is 6.42 Å². The minimum absolute atomic E-state index is 0.140. The van der Waals surface area contributed by atoms with E-state index < -0.39 is 0 Å². The smallest absolute Gasteiger partial charge is 0.231 e. The predicted octanol–water partition coefficient (Wildman–Crippen LogP) is 0.970. The molecule has 1 fully saturated rings. The summed E-state index contributed by atoms with van der Waals surface area (Å²) in [6.45, 7) is 0. The van der Waals surface area contributed by atoms with Crippen molar-refractivity contribution in [3.05, 3.63) is 0 Å². The highest BCUT2D eigenvalue weighted by Crippen LogP contribution is 2.23. The van der Waals surface area contributed by atoms with Crippen molar-refractivity contribution in [3.8, 4) is 0 Å².